The number of rotatable bonds is 6. The molecule has 152 valence electrons. The molecule has 5 nitrogen and oxygen atoms in total. The highest BCUT2D eigenvalue weighted by Crippen LogP contribution is 2.21. The van der Waals surface area contributed by atoms with Crippen LogP contribution in [0.4, 0.5) is 19.0 Å². The van der Waals surface area contributed by atoms with E-state index in [2.05, 4.69) is 10.4 Å². The Morgan fingerprint density at radius 1 is 1.10 bits per heavy atom. The second-order valence-electron chi connectivity index (χ2n) is 6.87. The molecular weight excluding hydrogens is 381 g/mol. The third-order valence-corrected chi connectivity index (χ3v) is 4.65. The number of aromatic nitrogens is 2. The van der Waals surface area contributed by atoms with Crippen molar-refractivity contribution in [2.45, 2.75) is 19.9 Å². The number of hydrogen-bond donors (Lipinski definition) is 1. The quantitative estimate of drug-likeness (QED) is 0.671. The number of carbonyl (C=O) groups is 1. The first kappa shape index (κ1) is 20.6. The zero-order chi connectivity index (χ0) is 21.1. The first-order valence-electron chi connectivity index (χ1n) is 9.02. The molecule has 1 atom stereocenters. The molecule has 0 aliphatic heterocycles. The Labute approximate surface area is 166 Å². The average molecular weight is 402 g/mol. The number of anilines is 1. The van der Waals surface area contributed by atoms with E-state index in [0.29, 0.717) is 22.8 Å². The van der Waals surface area contributed by atoms with Gasteiger partial charge < -0.3 is 5.32 Å². The molecule has 0 aliphatic rings. The lowest BCUT2D eigenvalue weighted by Crippen LogP contribution is -2.32. The summed E-state index contributed by atoms with van der Waals surface area (Å²) in [7, 11) is 1.72. The Morgan fingerprint density at radius 2 is 1.79 bits per heavy atom. The minimum absolute atomic E-state index is 0.0216. The number of halogens is 3. The van der Waals surface area contributed by atoms with Gasteiger partial charge in [-0.25, -0.2) is 17.9 Å². The maximum atomic E-state index is 13.5. The van der Waals surface area contributed by atoms with Crippen LogP contribution in [0.5, 0.6) is 0 Å². The SMILES string of the molecule is Cc1cc(NC(=O)CN(C)C(C)c2ccc(F)c(F)c2)n(-c2ccc(F)cc2)n1. The van der Waals surface area contributed by atoms with Crippen LogP contribution in [0.3, 0.4) is 0 Å². The summed E-state index contributed by atoms with van der Waals surface area (Å²) in [6.45, 7) is 3.60. The maximum Gasteiger partial charge on any atom is 0.239 e. The third-order valence-electron chi connectivity index (χ3n) is 4.65. The second kappa shape index (κ2) is 8.48. The number of benzene rings is 2. The van der Waals surface area contributed by atoms with Crippen molar-refractivity contribution in [2.75, 3.05) is 18.9 Å². The number of carbonyl (C=O) groups excluding carboxylic acids is 1. The Bertz CT molecular complexity index is 1020. The Kier molecular flexibility index (Phi) is 6.03. The van der Waals surface area contributed by atoms with Crippen molar-refractivity contribution in [3.05, 3.63) is 77.2 Å². The molecule has 1 unspecified atom stereocenters. The molecule has 0 bridgehead atoms. The molecule has 0 aliphatic carbocycles. The Balaban J connectivity index is 1.70. The topological polar surface area (TPSA) is 50.2 Å². The van der Waals surface area contributed by atoms with Crippen LogP contribution in [0, 0.1) is 24.4 Å². The van der Waals surface area contributed by atoms with Gasteiger partial charge in [0.2, 0.25) is 5.91 Å². The molecule has 3 rings (SSSR count). The normalized spacial score (nSPS) is 12.2. The largest absolute Gasteiger partial charge is 0.309 e. The number of nitrogens with zero attached hydrogens (tertiary/aromatic N) is 3. The molecule has 1 heterocycles. The van der Waals surface area contributed by atoms with Gasteiger partial charge in [0.05, 0.1) is 17.9 Å². The van der Waals surface area contributed by atoms with E-state index in [-0.39, 0.29) is 24.3 Å². The molecule has 3 aromatic rings. The van der Waals surface area contributed by atoms with Crippen LogP contribution in [0.25, 0.3) is 5.69 Å². The fourth-order valence-electron chi connectivity index (χ4n) is 2.94. The fourth-order valence-corrected chi connectivity index (χ4v) is 2.94. The average Bonchev–Trinajstić information content (AvgIpc) is 3.03. The van der Waals surface area contributed by atoms with Gasteiger partial charge in [-0.3, -0.25) is 9.69 Å². The standard InChI is InChI=1S/C21H21F3N4O/c1-13-10-20(28(26-13)17-7-5-16(22)6-8-17)25-21(29)12-27(3)14(2)15-4-9-18(23)19(24)11-15/h4-11,14H,12H2,1-3H3,(H,25,29). The molecule has 0 fully saturated rings. The smallest absolute Gasteiger partial charge is 0.239 e. The van der Waals surface area contributed by atoms with Crippen molar-refractivity contribution >= 4 is 11.7 Å². The van der Waals surface area contributed by atoms with Crippen molar-refractivity contribution in [2.24, 2.45) is 0 Å². The van der Waals surface area contributed by atoms with Gasteiger partial charge in [-0.05, 0) is 62.9 Å². The van der Waals surface area contributed by atoms with Crippen molar-refractivity contribution < 1.29 is 18.0 Å². The van der Waals surface area contributed by atoms with E-state index in [0.717, 1.165) is 12.1 Å². The van der Waals surface area contributed by atoms with Crippen LogP contribution in [0.2, 0.25) is 0 Å². The summed E-state index contributed by atoms with van der Waals surface area (Å²) in [5, 5.41) is 7.13. The minimum Gasteiger partial charge on any atom is -0.309 e. The number of likely N-dealkylation sites (N-methyl/N-ethyl adjacent to an activating group) is 1. The van der Waals surface area contributed by atoms with E-state index in [9.17, 15) is 18.0 Å². The van der Waals surface area contributed by atoms with E-state index < -0.39 is 11.6 Å². The fraction of sp³-hybridized carbons (Fsp3) is 0.238. The summed E-state index contributed by atoms with van der Waals surface area (Å²) in [5.74, 6) is -2.05. The lowest BCUT2D eigenvalue weighted by molar-refractivity contribution is -0.117. The molecule has 0 saturated heterocycles. The monoisotopic (exact) mass is 402 g/mol. The van der Waals surface area contributed by atoms with E-state index >= 15 is 0 Å². The lowest BCUT2D eigenvalue weighted by Gasteiger charge is -2.24. The zero-order valence-electron chi connectivity index (χ0n) is 16.3. The van der Waals surface area contributed by atoms with Gasteiger partial charge in [0.1, 0.15) is 11.6 Å². The van der Waals surface area contributed by atoms with Gasteiger partial charge in [-0.2, -0.15) is 5.10 Å². The summed E-state index contributed by atoms with van der Waals surface area (Å²) in [6, 6.07) is 10.8. The van der Waals surface area contributed by atoms with E-state index in [4.69, 9.17) is 0 Å². The summed E-state index contributed by atoms with van der Waals surface area (Å²) >= 11 is 0. The highest BCUT2D eigenvalue weighted by molar-refractivity contribution is 5.91. The Morgan fingerprint density at radius 3 is 2.45 bits per heavy atom. The summed E-state index contributed by atoms with van der Waals surface area (Å²) in [6.07, 6.45) is 0. The van der Waals surface area contributed by atoms with Crippen LogP contribution in [-0.4, -0.2) is 34.2 Å². The van der Waals surface area contributed by atoms with Gasteiger partial charge in [0.25, 0.3) is 0 Å². The predicted octanol–water partition coefficient (Wildman–Crippen LogP) is 4.23. The number of nitrogens with one attached hydrogen (secondary N) is 1. The van der Waals surface area contributed by atoms with E-state index in [1.165, 1.54) is 22.9 Å². The van der Waals surface area contributed by atoms with E-state index in [1.54, 1.807) is 44.0 Å². The molecule has 0 saturated carbocycles. The molecular formula is C21H21F3N4O. The zero-order valence-corrected chi connectivity index (χ0v) is 16.3. The summed E-state index contributed by atoms with van der Waals surface area (Å²) in [4.78, 5) is 14.3. The minimum atomic E-state index is -0.925. The van der Waals surface area contributed by atoms with Crippen molar-refractivity contribution in [3.8, 4) is 5.69 Å². The molecule has 0 radical (unpaired) electrons. The summed E-state index contributed by atoms with van der Waals surface area (Å²) < 4.78 is 41.3. The lowest BCUT2D eigenvalue weighted by atomic mass is 10.1. The molecule has 1 N–H and O–H groups in total. The van der Waals surface area contributed by atoms with Gasteiger partial charge in [0, 0.05) is 12.1 Å². The highest BCUT2D eigenvalue weighted by Gasteiger charge is 2.18. The molecule has 2 aromatic carbocycles. The number of amides is 1. The molecule has 0 spiro atoms. The predicted molar refractivity (Wildman–Crippen MR) is 104 cm³/mol. The van der Waals surface area contributed by atoms with Gasteiger partial charge in [-0.1, -0.05) is 6.07 Å². The van der Waals surface area contributed by atoms with Gasteiger partial charge >= 0.3 is 0 Å². The van der Waals surface area contributed by atoms with Crippen molar-refractivity contribution in [3.63, 3.8) is 0 Å². The van der Waals surface area contributed by atoms with E-state index in [1.807, 2.05) is 0 Å². The molecule has 1 amide bonds. The van der Waals surface area contributed by atoms with Crippen LogP contribution >= 0.6 is 0 Å². The van der Waals surface area contributed by atoms with Gasteiger partial charge in [0.15, 0.2) is 11.6 Å². The summed E-state index contributed by atoms with van der Waals surface area (Å²) in [5.41, 5.74) is 1.86. The number of aryl methyl sites for hydroxylation is 1. The van der Waals surface area contributed by atoms with Crippen molar-refractivity contribution in [1.82, 2.24) is 14.7 Å². The van der Waals surface area contributed by atoms with Crippen molar-refractivity contribution in [1.29, 1.82) is 0 Å². The highest BCUT2D eigenvalue weighted by atomic mass is 19.2. The molecule has 29 heavy (non-hydrogen) atoms. The van der Waals surface area contributed by atoms with Crippen LogP contribution in [0.15, 0.2) is 48.5 Å². The first-order valence-corrected chi connectivity index (χ1v) is 9.02. The maximum absolute atomic E-state index is 13.5. The second-order valence-corrected chi connectivity index (χ2v) is 6.87. The third kappa shape index (κ3) is 4.83. The first-order chi connectivity index (χ1) is 13.7. The van der Waals surface area contributed by atoms with Crippen LogP contribution in [0.1, 0.15) is 24.2 Å². The van der Waals surface area contributed by atoms with Gasteiger partial charge in [-0.15, -0.1) is 0 Å². The number of hydrogen-bond acceptors (Lipinski definition) is 3. The van der Waals surface area contributed by atoms with Crippen LogP contribution < -0.4 is 5.32 Å². The van der Waals surface area contributed by atoms with Crippen LogP contribution in [-0.2, 0) is 4.79 Å². The Hall–Kier alpha value is -3.13. The molecule has 1 aromatic heterocycles. The molecule has 8 heteroatoms.